The molecule has 0 bridgehead atoms. The number of fused-ring (bicyclic) bond motifs is 1. The number of carbonyl (C=O) groups is 2. The fourth-order valence-electron chi connectivity index (χ4n) is 4.23. The van der Waals surface area contributed by atoms with Gasteiger partial charge < -0.3 is 19.7 Å². The van der Waals surface area contributed by atoms with E-state index in [0.29, 0.717) is 26.1 Å². The number of piperidine rings is 1. The molecule has 4 rings (SSSR count). The van der Waals surface area contributed by atoms with Crippen molar-refractivity contribution in [3.8, 4) is 11.5 Å². The third-order valence-corrected chi connectivity index (χ3v) is 5.74. The molecule has 0 aliphatic carbocycles. The first-order valence-corrected chi connectivity index (χ1v) is 9.66. The number of nitrogens with one attached hydrogen (secondary N) is 1. The number of likely N-dealkylation sites (tertiary alicyclic amines) is 1. The highest BCUT2D eigenvalue weighted by Crippen LogP contribution is 2.37. The molecule has 3 heterocycles. The first-order valence-electron chi connectivity index (χ1n) is 9.66. The van der Waals surface area contributed by atoms with E-state index in [9.17, 15) is 9.59 Å². The van der Waals surface area contributed by atoms with E-state index in [0.717, 1.165) is 44.0 Å². The Balaban J connectivity index is 1.37. The first-order chi connectivity index (χ1) is 13.0. The van der Waals surface area contributed by atoms with E-state index in [1.165, 1.54) is 5.56 Å². The molecule has 7 nitrogen and oxygen atoms in total. The Morgan fingerprint density at radius 2 is 2.04 bits per heavy atom. The maximum absolute atomic E-state index is 12.4. The van der Waals surface area contributed by atoms with E-state index in [4.69, 9.17) is 9.47 Å². The van der Waals surface area contributed by atoms with E-state index in [2.05, 4.69) is 29.3 Å². The van der Waals surface area contributed by atoms with Crippen molar-refractivity contribution < 1.29 is 19.1 Å². The Hall–Kier alpha value is -2.28. The Bertz CT molecular complexity index is 738. The van der Waals surface area contributed by atoms with Crippen molar-refractivity contribution in [2.24, 2.45) is 5.41 Å². The molecule has 0 spiro atoms. The second-order valence-electron chi connectivity index (χ2n) is 8.12. The van der Waals surface area contributed by atoms with Crippen LogP contribution in [0.1, 0.15) is 25.3 Å². The Kier molecular flexibility index (Phi) is 4.95. The average molecular weight is 373 g/mol. The third-order valence-electron chi connectivity index (χ3n) is 5.74. The van der Waals surface area contributed by atoms with Crippen LogP contribution in [-0.2, 0) is 16.0 Å². The van der Waals surface area contributed by atoms with E-state index in [1.54, 1.807) is 0 Å². The van der Waals surface area contributed by atoms with Crippen LogP contribution in [0.15, 0.2) is 18.2 Å². The lowest BCUT2D eigenvalue weighted by Gasteiger charge is -2.41. The third kappa shape index (κ3) is 4.18. The van der Waals surface area contributed by atoms with Gasteiger partial charge in [-0.3, -0.25) is 14.5 Å². The second-order valence-corrected chi connectivity index (χ2v) is 8.12. The minimum atomic E-state index is 0.0425. The van der Waals surface area contributed by atoms with Crippen LogP contribution in [0.2, 0.25) is 0 Å². The van der Waals surface area contributed by atoms with E-state index < -0.39 is 0 Å². The number of piperazine rings is 1. The number of hydrogen-bond donors (Lipinski definition) is 1. The van der Waals surface area contributed by atoms with Crippen LogP contribution in [0.5, 0.6) is 11.5 Å². The highest BCUT2D eigenvalue weighted by Gasteiger charge is 2.35. The molecule has 3 aliphatic heterocycles. The summed E-state index contributed by atoms with van der Waals surface area (Å²) < 4.78 is 10.9. The van der Waals surface area contributed by atoms with Gasteiger partial charge in [0.1, 0.15) is 0 Å². The van der Waals surface area contributed by atoms with Gasteiger partial charge in [0.2, 0.25) is 18.6 Å². The molecule has 0 radical (unpaired) electrons. The van der Waals surface area contributed by atoms with Crippen molar-refractivity contribution in [1.29, 1.82) is 0 Å². The van der Waals surface area contributed by atoms with Gasteiger partial charge in [0, 0.05) is 39.1 Å². The Labute approximate surface area is 159 Å². The largest absolute Gasteiger partial charge is 0.454 e. The molecule has 1 N–H and O–H groups in total. The van der Waals surface area contributed by atoms with Crippen LogP contribution in [0.3, 0.4) is 0 Å². The summed E-state index contributed by atoms with van der Waals surface area (Å²) in [6.45, 7) is 6.69. The number of amides is 2. The maximum Gasteiger partial charge on any atom is 0.234 e. The predicted molar refractivity (Wildman–Crippen MR) is 99.6 cm³/mol. The SMILES string of the molecule is CC1(Cc2ccc3c(c2)OCO3)CCC(=O)N(CCN2CCNC(=O)C2)C1. The number of nitrogens with zero attached hydrogens (tertiary/aromatic N) is 2. The molecule has 0 aromatic heterocycles. The van der Waals surface area contributed by atoms with Gasteiger partial charge in [-0.1, -0.05) is 13.0 Å². The summed E-state index contributed by atoms with van der Waals surface area (Å²) in [4.78, 5) is 28.0. The minimum absolute atomic E-state index is 0.0425. The van der Waals surface area contributed by atoms with Gasteiger partial charge in [-0.2, -0.15) is 0 Å². The highest BCUT2D eigenvalue weighted by molar-refractivity contribution is 5.79. The number of ether oxygens (including phenoxy) is 2. The molecular weight excluding hydrogens is 346 g/mol. The zero-order valence-electron chi connectivity index (χ0n) is 15.8. The normalized spacial score (nSPS) is 25.6. The van der Waals surface area contributed by atoms with Crippen molar-refractivity contribution in [1.82, 2.24) is 15.1 Å². The second kappa shape index (κ2) is 7.38. The number of hydrogen-bond acceptors (Lipinski definition) is 5. The molecule has 2 amide bonds. The summed E-state index contributed by atoms with van der Waals surface area (Å²) in [5.41, 5.74) is 1.25. The molecule has 27 heavy (non-hydrogen) atoms. The summed E-state index contributed by atoms with van der Waals surface area (Å²) in [5.74, 6) is 1.90. The van der Waals surface area contributed by atoms with E-state index >= 15 is 0 Å². The fourth-order valence-corrected chi connectivity index (χ4v) is 4.23. The van der Waals surface area contributed by atoms with Gasteiger partial charge in [-0.25, -0.2) is 0 Å². The quantitative estimate of drug-likeness (QED) is 0.834. The topological polar surface area (TPSA) is 71.1 Å². The van der Waals surface area contributed by atoms with E-state index in [-0.39, 0.29) is 24.0 Å². The summed E-state index contributed by atoms with van der Waals surface area (Å²) in [5, 5.41) is 2.84. The Morgan fingerprint density at radius 1 is 1.19 bits per heavy atom. The zero-order valence-corrected chi connectivity index (χ0v) is 15.8. The van der Waals surface area contributed by atoms with Crippen molar-refractivity contribution in [2.45, 2.75) is 26.2 Å². The number of benzene rings is 1. The highest BCUT2D eigenvalue weighted by atomic mass is 16.7. The lowest BCUT2D eigenvalue weighted by Crippen LogP contribution is -2.52. The smallest absolute Gasteiger partial charge is 0.234 e. The van der Waals surface area contributed by atoms with Crippen molar-refractivity contribution in [3.63, 3.8) is 0 Å². The molecule has 1 aromatic rings. The molecule has 1 aromatic carbocycles. The molecule has 0 saturated carbocycles. The number of rotatable bonds is 5. The zero-order chi connectivity index (χ0) is 18.9. The molecule has 7 heteroatoms. The monoisotopic (exact) mass is 373 g/mol. The van der Waals surface area contributed by atoms with Crippen LogP contribution >= 0.6 is 0 Å². The van der Waals surface area contributed by atoms with Crippen molar-refractivity contribution in [2.75, 3.05) is 46.1 Å². The summed E-state index contributed by atoms with van der Waals surface area (Å²) in [7, 11) is 0. The molecule has 1 atom stereocenters. The minimum Gasteiger partial charge on any atom is -0.454 e. The van der Waals surface area contributed by atoms with Crippen LogP contribution in [-0.4, -0.2) is 67.7 Å². The molecule has 146 valence electrons. The lowest BCUT2D eigenvalue weighted by atomic mass is 9.76. The van der Waals surface area contributed by atoms with Crippen LogP contribution in [0, 0.1) is 5.41 Å². The molecule has 1 unspecified atom stereocenters. The Morgan fingerprint density at radius 3 is 2.89 bits per heavy atom. The van der Waals surface area contributed by atoms with Crippen LogP contribution < -0.4 is 14.8 Å². The van der Waals surface area contributed by atoms with Gasteiger partial charge in [0.05, 0.1) is 6.54 Å². The van der Waals surface area contributed by atoms with Crippen molar-refractivity contribution in [3.05, 3.63) is 23.8 Å². The van der Waals surface area contributed by atoms with Crippen LogP contribution in [0.4, 0.5) is 0 Å². The lowest BCUT2D eigenvalue weighted by molar-refractivity contribution is -0.137. The average Bonchev–Trinajstić information content (AvgIpc) is 3.10. The summed E-state index contributed by atoms with van der Waals surface area (Å²) in [6.07, 6.45) is 2.38. The van der Waals surface area contributed by atoms with E-state index in [1.807, 2.05) is 11.0 Å². The van der Waals surface area contributed by atoms with Gasteiger partial charge >= 0.3 is 0 Å². The first kappa shape index (κ1) is 18.1. The molecule has 3 aliphatic rings. The summed E-state index contributed by atoms with van der Waals surface area (Å²) >= 11 is 0. The van der Waals surface area contributed by atoms with Gasteiger partial charge in [0.25, 0.3) is 0 Å². The summed E-state index contributed by atoms with van der Waals surface area (Å²) in [6, 6.07) is 6.11. The van der Waals surface area contributed by atoms with Crippen LogP contribution in [0.25, 0.3) is 0 Å². The standard InChI is InChI=1S/C20H27N3O4/c1-20(11-15-2-3-16-17(10-15)27-14-26-16)5-4-19(25)23(13-20)9-8-22-7-6-21-18(24)12-22/h2-3,10H,4-9,11-14H2,1H3,(H,21,24). The fraction of sp³-hybridized carbons (Fsp3) is 0.600. The van der Waals surface area contributed by atoms with Gasteiger partial charge in [-0.05, 0) is 36.0 Å². The van der Waals surface area contributed by atoms with Crippen molar-refractivity contribution >= 4 is 11.8 Å². The number of carbonyl (C=O) groups excluding carboxylic acids is 2. The molecule has 2 saturated heterocycles. The maximum atomic E-state index is 12.4. The molecule has 2 fully saturated rings. The molecular formula is C20H27N3O4. The van der Waals surface area contributed by atoms with Gasteiger partial charge in [-0.15, -0.1) is 0 Å². The van der Waals surface area contributed by atoms with Gasteiger partial charge in [0.15, 0.2) is 11.5 Å². The predicted octanol–water partition coefficient (Wildman–Crippen LogP) is 1.02.